The van der Waals surface area contributed by atoms with Crippen LogP contribution in [0.5, 0.6) is 5.75 Å². The van der Waals surface area contributed by atoms with Crippen LogP contribution in [0.4, 0.5) is 5.13 Å². The predicted molar refractivity (Wildman–Crippen MR) is 120 cm³/mol. The van der Waals surface area contributed by atoms with E-state index in [9.17, 15) is 0 Å². The Bertz CT molecular complexity index is 768. The smallest absolute Gasteiger partial charge is 0.205 e. The molecule has 1 saturated heterocycles. The molecule has 0 bridgehead atoms. The number of rotatable bonds is 8. The van der Waals surface area contributed by atoms with Gasteiger partial charge in [-0.3, -0.25) is 4.99 Å². The summed E-state index contributed by atoms with van der Waals surface area (Å²) in [6.07, 6.45) is 2.95. The van der Waals surface area contributed by atoms with E-state index in [-0.39, 0.29) is 0 Å². The number of anilines is 1. The van der Waals surface area contributed by atoms with Crippen LogP contribution in [-0.4, -0.2) is 66.6 Å². The van der Waals surface area contributed by atoms with Crippen molar-refractivity contribution in [2.24, 2.45) is 4.99 Å². The molecule has 1 aliphatic rings. The Morgan fingerprint density at radius 3 is 2.55 bits per heavy atom. The Morgan fingerprint density at radius 1 is 1.17 bits per heavy atom. The lowest BCUT2D eigenvalue weighted by molar-refractivity contribution is 0.372. The molecule has 0 radical (unpaired) electrons. The lowest BCUT2D eigenvalue weighted by atomic mass is 10.1. The van der Waals surface area contributed by atoms with E-state index in [1.165, 1.54) is 17.1 Å². The fraction of sp³-hybridized carbons (Fsp3) is 0.571. The van der Waals surface area contributed by atoms with Crippen LogP contribution in [0.2, 0.25) is 0 Å². The maximum atomic E-state index is 5.22. The topological polar surface area (TPSA) is 65.9 Å². The number of benzene rings is 1. The number of hydrogen-bond acceptors (Lipinski definition) is 6. The van der Waals surface area contributed by atoms with Crippen LogP contribution in [-0.2, 0) is 12.8 Å². The average Bonchev–Trinajstić information content (AvgIpc) is 3.26. The first-order chi connectivity index (χ1) is 14.2. The molecule has 1 N–H and O–H groups in total. The van der Waals surface area contributed by atoms with Gasteiger partial charge in [0.1, 0.15) is 11.6 Å². The zero-order valence-corrected chi connectivity index (χ0v) is 18.5. The van der Waals surface area contributed by atoms with E-state index in [1.54, 1.807) is 7.11 Å². The molecule has 7 nitrogen and oxygen atoms in total. The van der Waals surface area contributed by atoms with Crippen molar-refractivity contribution in [2.45, 2.75) is 33.1 Å². The first-order valence-corrected chi connectivity index (χ1v) is 11.2. The highest BCUT2D eigenvalue weighted by atomic mass is 32.1. The third-order valence-corrected chi connectivity index (χ3v) is 5.82. The van der Waals surface area contributed by atoms with Crippen LogP contribution in [0.1, 0.15) is 31.7 Å². The van der Waals surface area contributed by atoms with E-state index in [1.807, 2.05) is 12.1 Å². The summed E-state index contributed by atoms with van der Waals surface area (Å²) in [5, 5.41) is 4.49. The van der Waals surface area contributed by atoms with Gasteiger partial charge in [-0.25, -0.2) is 4.98 Å². The molecule has 1 aromatic heterocycles. The number of hydrogen-bond donors (Lipinski definition) is 1. The first kappa shape index (κ1) is 21.4. The van der Waals surface area contributed by atoms with Crippen LogP contribution in [0, 0.1) is 0 Å². The van der Waals surface area contributed by atoms with Gasteiger partial charge in [-0.1, -0.05) is 19.1 Å². The van der Waals surface area contributed by atoms with E-state index in [4.69, 9.17) is 9.73 Å². The highest BCUT2D eigenvalue weighted by Crippen LogP contribution is 2.19. The molecule has 29 heavy (non-hydrogen) atoms. The SMILES string of the molecule is CCNC(=NCCCc1ccc(OC)cc1)N1CCN(c2nc(CC)ns2)CC1. The van der Waals surface area contributed by atoms with E-state index in [2.05, 4.69) is 50.5 Å². The third-order valence-electron chi connectivity index (χ3n) is 5.00. The van der Waals surface area contributed by atoms with Gasteiger partial charge in [0.05, 0.1) is 7.11 Å². The number of methoxy groups -OCH3 is 1. The van der Waals surface area contributed by atoms with Crippen molar-refractivity contribution in [3.63, 3.8) is 0 Å². The summed E-state index contributed by atoms with van der Waals surface area (Å²) in [4.78, 5) is 14.2. The highest BCUT2D eigenvalue weighted by Gasteiger charge is 2.21. The van der Waals surface area contributed by atoms with Gasteiger partial charge in [0.2, 0.25) is 5.13 Å². The Morgan fingerprint density at radius 2 is 1.93 bits per heavy atom. The summed E-state index contributed by atoms with van der Waals surface area (Å²) in [6, 6.07) is 8.29. The molecule has 0 saturated carbocycles. The van der Waals surface area contributed by atoms with E-state index in [0.29, 0.717) is 0 Å². The van der Waals surface area contributed by atoms with Crippen molar-refractivity contribution in [2.75, 3.05) is 51.3 Å². The molecule has 2 aromatic rings. The summed E-state index contributed by atoms with van der Waals surface area (Å²) in [7, 11) is 1.70. The fourth-order valence-corrected chi connectivity index (χ4v) is 4.11. The zero-order valence-electron chi connectivity index (χ0n) is 17.7. The van der Waals surface area contributed by atoms with Gasteiger partial charge >= 0.3 is 0 Å². The summed E-state index contributed by atoms with van der Waals surface area (Å²) < 4.78 is 9.63. The van der Waals surface area contributed by atoms with Crippen molar-refractivity contribution >= 4 is 22.6 Å². The summed E-state index contributed by atoms with van der Waals surface area (Å²) in [5.41, 5.74) is 1.32. The summed E-state index contributed by atoms with van der Waals surface area (Å²) in [5.74, 6) is 2.87. The molecule has 8 heteroatoms. The number of guanidine groups is 1. The molecule has 0 amide bonds. The molecule has 1 aliphatic heterocycles. The van der Waals surface area contributed by atoms with Gasteiger partial charge in [0.15, 0.2) is 5.96 Å². The molecule has 3 rings (SSSR count). The lowest BCUT2D eigenvalue weighted by Crippen LogP contribution is -2.52. The molecule has 0 aliphatic carbocycles. The predicted octanol–water partition coefficient (Wildman–Crippen LogP) is 2.83. The minimum absolute atomic E-state index is 0.824. The van der Waals surface area contributed by atoms with Gasteiger partial charge in [0.25, 0.3) is 0 Å². The number of aryl methyl sites for hydroxylation is 2. The number of aliphatic imine (C=N–C) groups is 1. The largest absolute Gasteiger partial charge is 0.497 e. The first-order valence-electron chi connectivity index (χ1n) is 10.5. The van der Waals surface area contributed by atoms with Crippen molar-refractivity contribution in [3.05, 3.63) is 35.7 Å². The molecule has 1 fully saturated rings. The maximum Gasteiger partial charge on any atom is 0.205 e. The van der Waals surface area contributed by atoms with Crippen molar-refractivity contribution in [1.82, 2.24) is 19.6 Å². The van der Waals surface area contributed by atoms with E-state index < -0.39 is 0 Å². The molecule has 158 valence electrons. The normalized spacial score (nSPS) is 14.9. The zero-order chi connectivity index (χ0) is 20.5. The van der Waals surface area contributed by atoms with Crippen LogP contribution >= 0.6 is 11.5 Å². The molecular formula is C21H32N6OS. The second kappa shape index (κ2) is 11.0. The quantitative estimate of drug-likeness (QED) is 0.406. The van der Waals surface area contributed by atoms with Crippen LogP contribution in [0.15, 0.2) is 29.3 Å². The number of nitrogens with one attached hydrogen (secondary N) is 1. The molecule has 1 aromatic carbocycles. The molecule has 0 atom stereocenters. The van der Waals surface area contributed by atoms with Gasteiger partial charge in [-0.2, -0.15) is 4.37 Å². The van der Waals surface area contributed by atoms with Crippen molar-refractivity contribution < 1.29 is 4.74 Å². The van der Waals surface area contributed by atoms with Crippen LogP contribution in [0.25, 0.3) is 0 Å². The molecule has 0 spiro atoms. The van der Waals surface area contributed by atoms with Crippen molar-refractivity contribution in [1.29, 1.82) is 0 Å². The number of aromatic nitrogens is 2. The maximum absolute atomic E-state index is 5.22. The van der Waals surface area contributed by atoms with Gasteiger partial charge in [-0.05, 0) is 37.5 Å². The summed E-state index contributed by atoms with van der Waals surface area (Å²) >= 11 is 1.51. The molecular weight excluding hydrogens is 384 g/mol. The number of nitrogens with zero attached hydrogens (tertiary/aromatic N) is 5. The Labute approximate surface area is 178 Å². The minimum Gasteiger partial charge on any atom is -0.497 e. The Balaban J connectivity index is 1.48. The summed E-state index contributed by atoms with van der Waals surface area (Å²) in [6.45, 7) is 9.73. The van der Waals surface area contributed by atoms with E-state index >= 15 is 0 Å². The van der Waals surface area contributed by atoms with Crippen LogP contribution in [0.3, 0.4) is 0 Å². The second-order valence-electron chi connectivity index (χ2n) is 7.01. The monoisotopic (exact) mass is 416 g/mol. The van der Waals surface area contributed by atoms with Crippen LogP contribution < -0.4 is 15.0 Å². The van der Waals surface area contributed by atoms with Crippen molar-refractivity contribution in [3.8, 4) is 5.75 Å². The Kier molecular flexibility index (Phi) is 8.10. The third kappa shape index (κ3) is 6.06. The van der Waals surface area contributed by atoms with Gasteiger partial charge in [0, 0.05) is 57.2 Å². The highest BCUT2D eigenvalue weighted by molar-refractivity contribution is 7.09. The van der Waals surface area contributed by atoms with E-state index in [0.717, 1.165) is 81.2 Å². The molecule has 2 heterocycles. The minimum atomic E-state index is 0.824. The van der Waals surface area contributed by atoms with Gasteiger partial charge < -0.3 is 19.9 Å². The Hall–Kier alpha value is -2.35. The van der Waals surface area contributed by atoms with Gasteiger partial charge in [-0.15, -0.1) is 0 Å². The standard InChI is InChI=1S/C21H32N6OS/c1-4-19-24-21(29-25-19)27-15-13-26(14-16-27)20(22-5-2)23-12-6-7-17-8-10-18(28-3)11-9-17/h8-11H,4-7,12-16H2,1-3H3,(H,22,23). The number of ether oxygens (including phenoxy) is 1. The fourth-order valence-electron chi connectivity index (χ4n) is 3.31. The lowest BCUT2D eigenvalue weighted by Gasteiger charge is -2.36. The average molecular weight is 417 g/mol. The molecule has 0 unspecified atom stereocenters. The second-order valence-corrected chi connectivity index (χ2v) is 7.74. The number of piperazine rings is 1.